The van der Waals surface area contributed by atoms with E-state index >= 15 is 0 Å². The largest absolute Gasteiger partial charge is 0.340 e. The van der Waals surface area contributed by atoms with E-state index in [1.54, 1.807) is 24.2 Å². The third-order valence-corrected chi connectivity index (χ3v) is 3.21. The molecule has 0 saturated heterocycles. The van der Waals surface area contributed by atoms with Crippen molar-refractivity contribution < 1.29 is 9.59 Å². The Labute approximate surface area is 127 Å². The number of amides is 1. The maximum Gasteiger partial charge on any atom is 0.254 e. The van der Waals surface area contributed by atoms with E-state index in [-0.39, 0.29) is 11.7 Å². The van der Waals surface area contributed by atoms with Crippen molar-refractivity contribution in [2.24, 2.45) is 5.41 Å². The molecule has 0 N–H and O–H groups in total. The van der Waals surface area contributed by atoms with Crippen LogP contribution in [0.25, 0.3) is 0 Å². The lowest BCUT2D eigenvalue weighted by atomic mass is 9.85. The van der Waals surface area contributed by atoms with Crippen molar-refractivity contribution in [3.8, 4) is 0 Å². The van der Waals surface area contributed by atoms with Gasteiger partial charge in [0.25, 0.3) is 5.91 Å². The Balaban J connectivity index is 3.03. The zero-order valence-electron chi connectivity index (χ0n) is 13.8. The summed E-state index contributed by atoms with van der Waals surface area (Å²) in [5.74, 6) is -0.216. The summed E-state index contributed by atoms with van der Waals surface area (Å²) in [7, 11) is 5.66. The Hall–Kier alpha value is -1.75. The summed E-state index contributed by atoms with van der Waals surface area (Å²) in [6, 6.07) is 1.62. The first-order chi connectivity index (χ1) is 9.64. The number of rotatable bonds is 5. The lowest BCUT2D eigenvalue weighted by Gasteiger charge is -2.22. The highest BCUT2D eigenvalue weighted by molar-refractivity contribution is 6.09. The summed E-state index contributed by atoms with van der Waals surface area (Å²) < 4.78 is 0. The average Bonchev–Trinajstić information content (AvgIpc) is 2.42. The maximum absolute atomic E-state index is 12.5. The van der Waals surface area contributed by atoms with Crippen molar-refractivity contribution in [1.82, 2.24) is 14.8 Å². The molecule has 0 aromatic carbocycles. The van der Waals surface area contributed by atoms with Gasteiger partial charge in [-0.05, 0) is 20.2 Å². The number of likely N-dealkylation sites (N-methyl/N-ethyl adjacent to an activating group) is 2. The molecular weight excluding hydrogens is 266 g/mol. The van der Waals surface area contributed by atoms with E-state index in [4.69, 9.17) is 0 Å². The summed E-state index contributed by atoms with van der Waals surface area (Å²) >= 11 is 0. The van der Waals surface area contributed by atoms with Crippen LogP contribution in [0.3, 0.4) is 0 Å². The third kappa shape index (κ3) is 4.63. The smallest absolute Gasteiger partial charge is 0.254 e. The van der Waals surface area contributed by atoms with Crippen molar-refractivity contribution in [2.45, 2.75) is 20.8 Å². The molecule has 0 fully saturated rings. The van der Waals surface area contributed by atoms with E-state index in [9.17, 15) is 9.59 Å². The number of carbonyl (C=O) groups excluding carboxylic acids is 2. The molecule has 0 spiro atoms. The van der Waals surface area contributed by atoms with E-state index in [0.29, 0.717) is 17.7 Å². The SMILES string of the molecule is CN(C)CCN(C)C(=O)c1ccncc1C(=O)C(C)(C)C. The minimum Gasteiger partial charge on any atom is -0.340 e. The fourth-order valence-corrected chi connectivity index (χ4v) is 1.82. The van der Waals surface area contributed by atoms with Gasteiger partial charge in [-0.1, -0.05) is 20.8 Å². The number of hydrogen-bond donors (Lipinski definition) is 0. The second kappa shape index (κ2) is 6.80. The van der Waals surface area contributed by atoms with E-state index in [2.05, 4.69) is 4.98 Å². The lowest BCUT2D eigenvalue weighted by molar-refractivity contribution is 0.0770. The molecule has 0 bridgehead atoms. The summed E-state index contributed by atoms with van der Waals surface area (Å²) in [6.45, 7) is 6.90. The first-order valence-electron chi connectivity index (χ1n) is 7.03. The molecule has 0 radical (unpaired) electrons. The van der Waals surface area contributed by atoms with Crippen molar-refractivity contribution in [2.75, 3.05) is 34.2 Å². The molecule has 0 saturated carbocycles. The molecule has 0 aliphatic rings. The lowest BCUT2D eigenvalue weighted by Crippen LogP contribution is -2.35. The normalized spacial score (nSPS) is 11.6. The topological polar surface area (TPSA) is 53.5 Å². The summed E-state index contributed by atoms with van der Waals surface area (Å²) in [6.07, 6.45) is 3.03. The molecule has 0 aliphatic carbocycles. The van der Waals surface area contributed by atoms with E-state index in [1.165, 1.54) is 6.20 Å². The Morgan fingerprint density at radius 2 is 1.71 bits per heavy atom. The fourth-order valence-electron chi connectivity index (χ4n) is 1.82. The molecule has 1 amide bonds. The van der Waals surface area contributed by atoms with Gasteiger partial charge in [-0.25, -0.2) is 0 Å². The standard InChI is InChI=1S/C16H25N3O2/c1-16(2,3)14(20)13-11-17-8-7-12(13)15(21)19(6)10-9-18(4)5/h7-8,11H,9-10H2,1-6H3. The van der Waals surface area contributed by atoms with Crippen LogP contribution in [0.15, 0.2) is 18.5 Å². The van der Waals surface area contributed by atoms with Crippen molar-refractivity contribution in [3.63, 3.8) is 0 Å². The zero-order valence-corrected chi connectivity index (χ0v) is 13.8. The van der Waals surface area contributed by atoms with Gasteiger partial charge in [0.15, 0.2) is 5.78 Å². The minimum absolute atomic E-state index is 0.0695. The number of nitrogens with zero attached hydrogens (tertiary/aromatic N) is 3. The van der Waals surface area contributed by atoms with Gasteiger partial charge >= 0.3 is 0 Å². The van der Waals surface area contributed by atoms with Crippen LogP contribution in [0.2, 0.25) is 0 Å². The number of aromatic nitrogens is 1. The molecule has 1 aromatic rings. The molecule has 21 heavy (non-hydrogen) atoms. The highest BCUT2D eigenvalue weighted by atomic mass is 16.2. The Bertz CT molecular complexity index is 518. The van der Waals surface area contributed by atoms with Crippen LogP contribution in [0.1, 0.15) is 41.5 Å². The fraction of sp³-hybridized carbons (Fsp3) is 0.562. The van der Waals surface area contributed by atoms with Gasteiger partial charge in [0, 0.05) is 43.5 Å². The Morgan fingerprint density at radius 1 is 1.10 bits per heavy atom. The van der Waals surface area contributed by atoms with Crippen LogP contribution in [0.4, 0.5) is 0 Å². The Kier molecular flexibility index (Phi) is 5.61. The summed E-state index contributed by atoms with van der Waals surface area (Å²) in [4.78, 5) is 32.6. The first-order valence-corrected chi connectivity index (χ1v) is 7.03. The molecule has 1 rings (SSSR count). The molecule has 5 heteroatoms. The van der Waals surface area contributed by atoms with Crippen LogP contribution in [0, 0.1) is 5.41 Å². The van der Waals surface area contributed by atoms with Crippen LogP contribution >= 0.6 is 0 Å². The van der Waals surface area contributed by atoms with Crippen LogP contribution in [-0.4, -0.2) is 60.7 Å². The number of pyridine rings is 1. The van der Waals surface area contributed by atoms with Crippen molar-refractivity contribution >= 4 is 11.7 Å². The highest BCUT2D eigenvalue weighted by Gasteiger charge is 2.28. The molecule has 116 valence electrons. The van der Waals surface area contributed by atoms with E-state index in [0.717, 1.165) is 6.54 Å². The van der Waals surface area contributed by atoms with Gasteiger partial charge in [0.1, 0.15) is 0 Å². The molecular formula is C16H25N3O2. The van der Waals surface area contributed by atoms with Gasteiger partial charge in [-0.3, -0.25) is 14.6 Å². The quantitative estimate of drug-likeness (QED) is 0.778. The molecule has 5 nitrogen and oxygen atoms in total. The zero-order chi connectivity index (χ0) is 16.2. The van der Waals surface area contributed by atoms with Crippen molar-refractivity contribution in [3.05, 3.63) is 29.6 Å². The van der Waals surface area contributed by atoms with Gasteiger partial charge in [-0.2, -0.15) is 0 Å². The third-order valence-electron chi connectivity index (χ3n) is 3.21. The van der Waals surface area contributed by atoms with Crippen molar-refractivity contribution in [1.29, 1.82) is 0 Å². The second-order valence-electron chi connectivity index (χ2n) is 6.53. The van der Waals surface area contributed by atoms with Gasteiger partial charge in [0.05, 0.1) is 5.56 Å². The number of hydrogen-bond acceptors (Lipinski definition) is 4. The van der Waals surface area contributed by atoms with Gasteiger partial charge in [0.2, 0.25) is 0 Å². The average molecular weight is 291 g/mol. The van der Waals surface area contributed by atoms with Crippen LogP contribution < -0.4 is 0 Å². The first kappa shape index (κ1) is 17.3. The summed E-state index contributed by atoms with van der Waals surface area (Å²) in [5, 5.41) is 0. The number of Topliss-reactive ketones (excluding diaryl/α,β-unsaturated/α-hetero) is 1. The molecule has 0 unspecified atom stereocenters. The van der Waals surface area contributed by atoms with Crippen LogP contribution in [-0.2, 0) is 0 Å². The predicted molar refractivity (Wildman–Crippen MR) is 83.5 cm³/mol. The predicted octanol–water partition coefficient (Wildman–Crippen LogP) is 1.94. The minimum atomic E-state index is -0.541. The molecule has 0 atom stereocenters. The summed E-state index contributed by atoms with van der Waals surface area (Å²) in [5.41, 5.74) is 0.276. The Morgan fingerprint density at radius 3 is 2.24 bits per heavy atom. The number of ketones is 1. The van der Waals surface area contributed by atoms with E-state index in [1.807, 2.05) is 39.8 Å². The molecule has 0 aliphatic heterocycles. The highest BCUT2D eigenvalue weighted by Crippen LogP contribution is 2.23. The second-order valence-corrected chi connectivity index (χ2v) is 6.53. The van der Waals surface area contributed by atoms with Gasteiger partial charge in [-0.15, -0.1) is 0 Å². The molecule has 1 aromatic heterocycles. The monoisotopic (exact) mass is 291 g/mol. The van der Waals surface area contributed by atoms with E-state index < -0.39 is 5.41 Å². The van der Waals surface area contributed by atoms with Crippen LogP contribution in [0.5, 0.6) is 0 Å². The number of carbonyl (C=O) groups is 2. The molecule has 1 heterocycles. The van der Waals surface area contributed by atoms with Gasteiger partial charge < -0.3 is 9.80 Å². The maximum atomic E-state index is 12.5.